The van der Waals surface area contributed by atoms with Gasteiger partial charge in [-0.15, -0.1) is 5.10 Å². The van der Waals surface area contributed by atoms with Crippen molar-refractivity contribution in [2.24, 2.45) is 0 Å². The van der Waals surface area contributed by atoms with Gasteiger partial charge in [0.25, 0.3) is 0 Å². The highest BCUT2D eigenvalue weighted by atomic mass is 15.2. The molecule has 0 saturated carbocycles. The number of hydrogen-bond acceptors (Lipinski definition) is 7. The molecule has 0 unspecified atom stereocenters. The summed E-state index contributed by atoms with van der Waals surface area (Å²) in [6, 6.07) is 10.7. The number of hydrogen-bond donors (Lipinski definition) is 1. The molecule has 2 atom stereocenters. The average molecular weight is 430 g/mol. The van der Waals surface area contributed by atoms with Gasteiger partial charge in [-0.25, -0.2) is 4.98 Å². The molecule has 1 N–H and O–H groups in total. The number of nitrogens with one attached hydrogen (secondary N) is 1. The Morgan fingerprint density at radius 2 is 2.09 bits per heavy atom. The number of aromatic nitrogens is 3. The van der Waals surface area contributed by atoms with Crippen LogP contribution in [0.15, 0.2) is 30.5 Å². The van der Waals surface area contributed by atoms with Gasteiger partial charge in [0, 0.05) is 36.6 Å². The van der Waals surface area contributed by atoms with Gasteiger partial charge in [0.05, 0.1) is 23.4 Å². The van der Waals surface area contributed by atoms with Crippen LogP contribution in [0.3, 0.4) is 0 Å². The number of aryl methyl sites for hydroxylation is 1. The van der Waals surface area contributed by atoms with Gasteiger partial charge in [-0.05, 0) is 70.5 Å². The Morgan fingerprint density at radius 1 is 1.28 bits per heavy atom. The zero-order valence-electron chi connectivity index (χ0n) is 19.6. The molecule has 1 saturated heterocycles. The fraction of sp³-hybridized carbons (Fsp3) is 0.440. The lowest BCUT2D eigenvalue weighted by Gasteiger charge is -2.27. The van der Waals surface area contributed by atoms with Crippen LogP contribution in [0.4, 0.5) is 11.6 Å². The highest BCUT2D eigenvalue weighted by molar-refractivity contribution is 5.94. The smallest absolute Gasteiger partial charge is 0.157 e. The Bertz CT molecular complexity index is 1170. The Hall–Kier alpha value is -3.24. The lowest BCUT2D eigenvalue weighted by Crippen LogP contribution is -2.36. The minimum atomic E-state index is -0.0232. The second-order valence-corrected chi connectivity index (χ2v) is 8.88. The maximum absolute atomic E-state index is 9.38. The maximum Gasteiger partial charge on any atom is 0.157 e. The van der Waals surface area contributed by atoms with Crippen LogP contribution in [-0.2, 0) is 0 Å². The first-order chi connectivity index (χ1) is 15.4. The molecule has 1 aliphatic rings. The van der Waals surface area contributed by atoms with E-state index in [0.717, 1.165) is 52.3 Å². The Kier molecular flexibility index (Phi) is 6.24. The van der Waals surface area contributed by atoms with E-state index in [1.165, 1.54) is 12.8 Å². The number of nitrogens with zero attached hydrogens (tertiary/aromatic N) is 6. The molecule has 32 heavy (non-hydrogen) atoms. The summed E-state index contributed by atoms with van der Waals surface area (Å²) < 4.78 is 0. The van der Waals surface area contributed by atoms with E-state index in [9.17, 15) is 5.26 Å². The van der Waals surface area contributed by atoms with E-state index < -0.39 is 0 Å². The number of pyridine rings is 1. The second kappa shape index (κ2) is 9.09. The summed E-state index contributed by atoms with van der Waals surface area (Å²) in [6.07, 6.45) is 4.39. The van der Waals surface area contributed by atoms with Crippen LogP contribution in [0.1, 0.15) is 48.2 Å². The van der Waals surface area contributed by atoms with E-state index in [2.05, 4.69) is 64.5 Å². The number of anilines is 2. The third-order valence-corrected chi connectivity index (χ3v) is 6.70. The summed E-state index contributed by atoms with van der Waals surface area (Å²) in [7, 11) is 4.30. The second-order valence-electron chi connectivity index (χ2n) is 8.88. The SMILES string of the molecule is Cc1c(C#N)cccc1[C@@H](C)Nc1nnc(C)c2cnc(N(C)C[C@@H]3CCCN3C)cc12. The Balaban J connectivity index is 1.65. The van der Waals surface area contributed by atoms with Crippen LogP contribution in [0, 0.1) is 25.2 Å². The van der Waals surface area contributed by atoms with Crippen molar-refractivity contribution in [3.05, 3.63) is 52.8 Å². The van der Waals surface area contributed by atoms with E-state index in [1.54, 1.807) is 0 Å². The number of likely N-dealkylation sites (N-methyl/N-ethyl adjacent to an activating group) is 2. The van der Waals surface area contributed by atoms with E-state index in [4.69, 9.17) is 4.98 Å². The van der Waals surface area contributed by atoms with Crippen molar-refractivity contribution in [2.45, 2.75) is 45.7 Å². The number of benzene rings is 1. The van der Waals surface area contributed by atoms with E-state index in [0.29, 0.717) is 11.6 Å². The summed E-state index contributed by atoms with van der Waals surface area (Å²) in [5.41, 5.74) is 3.62. The lowest BCUT2D eigenvalue weighted by atomic mass is 9.98. The Morgan fingerprint density at radius 3 is 2.81 bits per heavy atom. The van der Waals surface area contributed by atoms with Crippen molar-refractivity contribution >= 4 is 22.4 Å². The molecule has 1 aliphatic heterocycles. The van der Waals surface area contributed by atoms with Gasteiger partial charge in [-0.2, -0.15) is 10.4 Å². The van der Waals surface area contributed by atoms with Gasteiger partial charge in [0.1, 0.15) is 5.82 Å². The maximum atomic E-state index is 9.38. The fourth-order valence-electron chi connectivity index (χ4n) is 4.62. The van der Waals surface area contributed by atoms with Gasteiger partial charge >= 0.3 is 0 Å². The van der Waals surface area contributed by atoms with E-state index in [1.807, 2.05) is 32.2 Å². The predicted octanol–water partition coefficient (Wildman–Crippen LogP) is 4.22. The predicted molar refractivity (Wildman–Crippen MR) is 129 cm³/mol. The zero-order chi connectivity index (χ0) is 22.8. The summed E-state index contributed by atoms with van der Waals surface area (Å²) in [5, 5.41) is 23.7. The molecule has 2 aromatic heterocycles. The number of likely N-dealkylation sites (tertiary alicyclic amines) is 1. The molecule has 166 valence electrons. The van der Waals surface area contributed by atoms with Crippen molar-refractivity contribution in [3.8, 4) is 6.07 Å². The molecule has 1 aromatic carbocycles. The molecule has 3 heterocycles. The summed E-state index contributed by atoms with van der Waals surface area (Å²) >= 11 is 0. The average Bonchev–Trinajstić information content (AvgIpc) is 3.19. The van der Waals surface area contributed by atoms with Crippen LogP contribution in [0.5, 0.6) is 0 Å². The highest BCUT2D eigenvalue weighted by Gasteiger charge is 2.23. The van der Waals surface area contributed by atoms with Crippen LogP contribution in [-0.4, -0.2) is 53.3 Å². The van der Waals surface area contributed by atoms with E-state index >= 15 is 0 Å². The van der Waals surface area contributed by atoms with Gasteiger partial charge in [-0.3, -0.25) is 0 Å². The largest absolute Gasteiger partial charge is 0.362 e. The number of nitriles is 1. The van der Waals surface area contributed by atoms with Crippen molar-refractivity contribution in [1.82, 2.24) is 20.1 Å². The first-order valence-corrected chi connectivity index (χ1v) is 11.2. The van der Waals surface area contributed by atoms with Crippen LogP contribution >= 0.6 is 0 Å². The first kappa shape index (κ1) is 22.0. The number of rotatable bonds is 6. The highest BCUT2D eigenvalue weighted by Crippen LogP contribution is 2.30. The van der Waals surface area contributed by atoms with Gasteiger partial charge in [0.15, 0.2) is 5.82 Å². The van der Waals surface area contributed by atoms with Crippen LogP contribution in [0.25, 0.3) is 10.8 Å². The molecule has 7 heteroatoms. The quantitative estimate of drug-likeness (QED) is 0.628. The minimum absolute atomic E-state index is 0.0232. The topological polar surface area (TPSA) is 81.0 Å². The van der Waals surface area contributed by atoms with Gasteiger partial charge < -0.3 is 15.1 Å². The molecular formula is C25H31N7. The monoisotopic (exact) mass is 429 g/mol. The summed E-state index contributed by atoms with van der Waals surface area (Å²) in [5.74, 6) is 1.67. The zero-order valence-corrected chi connectivity index (χ0v) is 19.6. The molecular weight excluding hydrogens is 398 g/mol. The van der Waals surface area contributed by atoms with Crippen molar-refractivity contribution in [2.75, 3.05) is 37.4 Å². The van der Waals surface area contributed by atoms with Crippen molar-refractivity contribution in [3.63, 3.8) is 0 Å². The third kappa shape index (κ3) is 4.23. The molecule has 0 bridgehead atoms. The molecule has 0 spiro atoms. The Labute approximate surface area is 190 Å². The number of fused-ring (bicyclic) bond motifs is 1. The van der Waals surface area contributed by atoms with Crippen LogP contribution in [0.2, 0.25) is 0 Å². The first-order valence-electron chi connectivity index (χ1n) is 11.2. The van der Waals surface area contributed by atoms with Gasteiger partial charge in [0.2, 0.25) is 0 Å². The summed E-state index contributed by atoms with van der Waals surface area (Å²) in [4.78, 5) is 9.39. The lowest BCUT2D eigenvalue weighted by molar-refractivity contribution is 0.314. The third-order valence-electron chi connectivity index (χ3n) is 6.70. The fourth-order valence-corrected chi connectivity index (χ4v) is 4.62. The summed E-state index contributed by atoms with van der Waals surface area (Å²) in [6.45, 7) is 8.15. The van der Waals surface area contributed by atoms with E-state index in [-0.39, 0.29) is 6.04 Å². The normalized spacial score (nSPS) is 17.3. The van der Waals surface area contributed by atoms with Crippen molar-refractivity contribution < 1.29 is 0 Å². The molecule has 1 fully saturated rings. The molecule has 0 aliphatic carbocycles. The van der Waals surface area contributed by atoms with Gasteiger partial charge in [-0.1, -0.05) is 12.1 Å². The minimum Gasteiger partial charge on any atom is -0.362 e. The van der Waals surface area contributed by atoms with Crippen LogP contribution < -0.4 is 10.2 Å². The molecule has 4 rings (SSSR count). The standard InChI is InChI=1S/C25H31N7/c1-16-19(13-26)8-6-10-21(16)17(2)28-25-22-12-24(27-14-23(22)18(3)29-30-25)32(5)15-20-9-7-11-31(20)4/h6,8,10,12,14,17,20H,7,9,11,15H2,1-5H3,(H,28,30)/t17-,20+/m1/s1. The molecule has 0 amide bonds. The molecule has 0 radical (unpaired) electrons. The molecule has 3 aromatic rings. The molecule has 7 nitrogen and oxygen atoms in total. The van der Waals surface area contributed by atoms with Crippen molar-refractivity contribution in [1.29, 1.82) is 5.26 Å².